The highest BCUT2D eigenvalue weighted by Crippen LogP contribution is 2.63. The van der Waals surface area contributed by atoms with Crippen LogP contribution in [0.4, 0.5) is 0 Å². The van der Waals surface area contributed by atoms with Gasteiger partial charge in [0.1, 0.15) is 0 Å². The number of aliphatic hydroxyl groups is 1. The molecule has 2 atom stereocenters. The Kier molecular flexibility index (Phi) is 3.89. The molecule has 2 unspecified atom stereocenters. The van der Waals surface area contributed by atoms with E-state index in [1.54, 1.807) is 0 Å². The van der Waals surface area contributed by atoms with Crippen LogP contribution in [0.25, 0.3) is 0 Å². The van der Waals surface area contributed by atoms with Gasteiger partial charge in [-0.25, -0.2) is 0 Å². The zero-order valence-corrected chi connectivity index (χ0v) is 12.2. The van der Waals surface area contributed by atoms with E-state index < -0.39 is 0 Å². The van der Waals surface area contributed by atoms with Crippen molar-refractivity contribution >= 4 is 0 Å². The summed E-state index contributed by atoms with van der Waals surface area (Å²) in [6.45, 7) is 4.22. The van der Waals surface area contributed by atoms with E-state index in [2.05, 4.69) is 6.92 Å². The molecule has 0 amide bonds. The van der Waals surface area contributed by atoms with Crippen molar-refractivity contribution in [1.82, 2.24) is 0 Å². The summed E-state index contributed by atoms with van der Waals surface area (Å²) in [5.74, 6) is 1.83. The highest BCUT2D eigenvalue weighted by atomic mass is 16.5. The maximum atomic E-state index is 8.70. The maximum absolute atomic E-state index is 8.70. The van der Waals surface area contributed by atoms with Gasteiger partial charge in [-0.2, -0.15) is 0 Å². The molecule has 110 valence electrons. The lowest BCUT2D eigenvalue weighted by atomic mass is 9.47. The standard InChI is InChI=1S/C16H28O3/c1-2-15-8-13-7-14(9-15)11-16(10-13,12-15)19-6-5-18-4-3-17/h13-14,17H,2-12H2,1H3. The van der Waals surface area contributed by atoms with E-state index in [9.17, 15) is 0 Å². The summed E-state index contributed by atoms with van der Waals surface area (Å²) < 4.78 is 11.6. The fraction of sp³-hybridized carbons (Fsp3) is 1.00. The lowest BCUT2D eigenvalue weighted by Crippen LogP contribution is -2.56. The number of hydrogen-bond donors (Lipinski definition) is 1. The molecular weight excluding hydrogens is 240 g/mol. The van der Waals surface area contributed by atoms with Crippen LogP contribution in [0.5, 0.6) is 0 Å². The molecule has 4 rings (SSSR count). The normalized spacial score (nSPS) is 43.9. The highest BCUT2D eigenvalue weighted by molar-refractivity contribution is 5.08. The minimum absolute atomic E-state index is 0.105. The van der Waals surface area contributed by atoms with Crippen LogP contribution in [0, 0.1) is 17.3 Å². The number of rotatable bonds is 7. The molecule has 0 saturated heterocycles. The van der Waals surface area contributed by atoms with Crippen molar-refractivity contribution in [2.45, 2.75) is 57.5 Å². The number of aliphatic hydroxyl groups excluding tert-OH is 1. The van der Waals surface area contributed by atoms with Gasteiger partial charge in [0.2, 0.25) is 0 Å². The van der Waals surface area contributed by atoms with E-state index >= 15 is 0 Å². The molecule has 0 aliphatic heterocycles. The average Bonchev–Trinajstić information content (AvgIpc) is 2.37. The fourth-order valence-corrected chi connectivity index (χ4v) is 5.43. The molecule has 4 bridgehead atoms. The monoisotopic (exact) mass is 268 g/mol. The van der Waals surface area contributed by atoms with Crippen LogP contribution >= 0.6 is 0 Å². The van der Waals surface area contributed by atoms with Crippen LogP contribution in [0.3, 0.4) is 0 Å². The van der Waals surface area contributed by atoms with Crippen LogP contribution in [0.1, 0.15) is 51.9 Å². The minimum Gasteiger partial charge on any atom is -0.394 e. The third-order valence-electron chi connectivity index (χ3n) is 5.75. The first kappa shape index (κ1) is 13.8. The summed E-state index contributed by atoms with van der Waals surface area (Å²) in [4.78, 5) is 0. The minimum atomic E-state index is 0.105. The molecule has 0 heterocycles. The van der Waals surface area contributed by atoms with Gasteiger partial charge in [0.15, 0.2) is 0 Å². The maximum Gasteiger partial charge on any atom is 0.0708 e. The van der Waals surface area contributed by atoms with Gasteiger partial charge in [0.25, 0.3) is 0 Å². The predicted octanol–water partition coefficient (Wildman–Crippen LogP) is 2.76. The zero-order valence-electron chi connectivity index (χ0n) is 12.2. The third-order valence-corrected chi connectivity index (χ3v) is 5.75. The van der Waals surface area contributed by atoms with Gasteiger partial charge in [-0.05, 0) is 55.8 Å². The van der Waals surface area contributed by atoms with Crippen molar-refractivity contribution in [3.8, 4) is 0 Å². The van der Waals surface area contributed by atoms with Gasteiger partial charge < -0.3 is 14.6 Å². The Morgan fingerprint density at radius 1 is 1.05 bits per heavy atom. The second-order valence-corrected chi connectivity index (χ2v) is 7.18. The number of hydrogen-bond acceptors (Lipinski definition) is 3. The van der Waals surface area contributed by atoms with Crippen molar-refractivity contribution in [2.24, 2.45) is 17.3 Å². The quantitative estimate of drug-likeness (QED) is 0.722. The first-order chi connectivity index (χ1) is 9.19. The topological polar surface area (TPSA) is 38.7 Å². The van der Waals surface area contributed by atoms with Crippen molar-refractivity contribution in [2.75, 3.05) is 26.4 Å². The molecule has 4 saturated carbocycles. The van der Waals surface area contributed by atoms with Crippen LogP contribution in [0.2, 0.25) is 0 Å². The smallest absolute Gasteiger partial charge is 0.0708 e. The summed E-state index contributed by atoms with van der Waals surface area (Å²) in [5.41, 5.74) is 0.763. The van der Waals surface area contributed by atoms with Crippen molar-refractivity contribution in [3.05, 3.63) is 0 Å². The second kappa shape index (κ2) is 5.34. The molecular formula is C16H28O3. The van der Waals surface area contributed by atoms with Crippen LogP contribution in [-0.4, -0.2) is 37.1 Å². The summed E-state index contributed by atoms with van der Waals surface area (Å²) >= 11 is 0. The Morgan fingerprint density at radius 3 is 2.42 bits per heavy atom. The van der Waals surface area contributed by atoms with E-state index in [4.69, 9.17) is 14.6 Å². The molecule has 0 radical (unpaired) electrons. The summed E-state index contributed by atoms with van der Waals surface area (Å²) in [6.07, 6.45) is 9.53. The Bertz CT molecular complexity index is 301. The van der Waals surface area contributed by atoms with E-state index in [0.29, 0.717) is 25.2 Å². The second-order valence-electron chi connectivity index (χ2n) is 7.18. The van der Waals surface area contributed by atoms with Crippen LogP contribution < -0.4 is 0 Å². The Balaban J connectivity index is 1.58. The molecule has 0 aromatic carbocycles. The Hall–Kier alpha value is -0.120. The van der Waals surface area contributed by atoms with Crippen LogP contribution in [-0.2, 0) is 9.47 Å². The molecule has 0 aromatic rings. The van der Waals surface area contributed by atoms with Crippen molar-refractivity contribution < 1.29 is 14.6 Å². The van der Waals surface area contributed by atoms with E-state index in [-0.39, 0.29) is 12.2 Å². The van der Waals surface area contributed by atoms with Gasteiger partial charge in [0.05, 0.1) is 32.0 Å². The molecule has 0 spiro atoms. The molecule has 19 heavy (non-hydrogen) atoms. The predicted molar refractivity (Wildman–Crippen MR) is 74.0 cm³/mol. The summed E-state index contributed by atoms with van der Waals surface area (Å²) in [6, 6.07) is 0. The third kappa shape index (κ3) is 2.70. The Morgan fingerprint density at radius 2 is 1.79 bits per heavy atom. The van der Waals surface area contributed by atoms with E-state index in [1.807, 2.05) is 0 Å². The lowest BCUT2D eigenvalue weighted by Gasteiger charge is -2.61. The molecule has 1 N–H and O–H groups in total. The molecule has 4 aliphatic carbocycles. The molecule has 3 nitrogen and oxygen atoms in total. The molecule has 4 aliphatic rings. The first-order valence-corrected chi connectivity index (χ1v) is 8.02. The van der Waals surface area contributed by atoms with Gasteiger partial charge in [-0.1, -0.05) is 13.3 Å². The van der Waals surface area contributed by atoms with E-state index in [1.165, 1.54) is 44.9 Å². The number of ether oxygens (including phenoxy) is 2. The Labute approximate surface area is 116 Å². The lowest BCUT2D eigenvalue weighted by molar-refractivity contribution is -0.198. The van der Waals surface area contributed by atoms with Crippen molar-refractivity contribution in [1.29, 1.82) is 0 Å². The summed E-state index contributed by atoms with van der Waals surface area (Å²) in [7, 11) is 0. The highest BCUT2D eigenvalue weighted by Gasteiger charge is 2.57. The summed E-state index contributed by atoms with van der Waals surface area (Å²) in [5, 5.41) is 8.70. The largest absolute Gasteiger partial charge is 0.394 e. The van der Waals surface area contributed by atoms with Gasteiger partial charge in [0, 0.05) is 0 Å². The van der Waals surface area contributed by atoms with Gasteiger partial charge in [-0.3, -0.25) is 0 Å². The average molecular weight is 268 g/mol. The molecule has 3 heteroatoms. The fourth-order valence-electron chi connectivity index (χ4n) is 5.43. The van der Waals surface area contributed by atoms with Crippen LogP contribution in [0.15, 0.2) is 0 Å². The molecule has 4 fully saturated rings. The SMILES string of the molecule is CCC12CC3CC(C1)CC(OCCOCCO)(C3)C2. The van der Waals surface area contributed by atoms with E-state index in [0.717, 1.165) is 11.8 Å². The first-order valence-electron chi connectivity index (χ1n) is 8.02. The molecule has 0 aromatic heterocycles. The van der Waals surface area contributed by atoms with Crippen molar-refractivity contribution in [3.63, 3.8) is 0 Å². The zero-order chi connectivity index (χ0) is 13.3. The van der Waals surface area contributed by atoms with Gasteiger partial charge >= 0.3 is 0 Å². The van der Waals surface area contributed by atoms with Gasteiger partial charge in [-0.15, -0.1) is 0 Å².